The van der Waals surface area contributed by atoms with Crippen molar-refractivity contribution in [2.75, 3.05) is 39.5 Å². The summed E-state index contributed by atoms with van der Waals surface area (Å²) in [7, 11) is 5.16. The molecular weight excluding hydrogens is 349 g/mol. The highest BCUT2D eigenvalue weighted by Gasteiger charge is 2.42. The number of carbonyl (C=O) groups is 2. The van der Waals surface area contributed by atoms with E-state index in [-0.39, 0.29) is 24.2 Å². The zero-order valence-electron chi connectivity index (χ0n) is 16.1. The first-order valence-electron chi connectivity index (χ1n) is 9.08. The first-order valence-corrected chi connectivity index (χ1v) is 9.08. The first-order chi connectivity index (χ1) is 12.9. The molecule has 0 atom stereocenters. The van der Waals surface area contributed by atoms with Crippen molar-refractivity contribution in [1.82, 2.24) is 15.5 Å². The van der Waals surface area contributed by atoms with E-state index in [0.717, 1.165) is 25.7 Å². The highest BCUT2D eigenvalue weighted by Crippen LogP contribution is 2.38. The van der Waals surface area contributed by atoms with E-state index in [2.05, 4.69) is 20.9 Å². The Labute approximate surface area is 159 Å². The van der Waals surface area contributed by atoms with Gasteiger partial charge in [0, 0.05) is 33.4 Å². The molecule has 3 N–H and O–H groups in total. The summed E-state index contributed by atoms with van der Waals surface area (Å²) in [5, 5.41) is 8.79. The van der Waals surface area contributed by atoms with Crippen molar-refractivity contribution >= 4 is 23.5 Å². The second-order valence-corrected chi connectivity index (χ2v) is 7.02. The Hall–Kier alpha value is -2.64. The van der Waals surface area contributed by atoms with Gasteiger partial charge < -0.3 is 20.9 Å². The Morgan fingerprint density at radius 3 is 2.33 bits per heavy atom. The zero-order chi connectivity index (χ0) is 19.9. The lowest BCUT2D eigenvalue weighted by Crippen LogP contribution is -2.50. The van der Waals surface area contributed by atoms with Gasteiger partial charge in [0.05, 0.1) is 12.0 Å². The molecule has 0 bridgehead atoms. The summed E-state index contributed by atoms with van der Waals surface area (Å²) in [5.41, 5.74) is 0.102. The van der Waals surface area contributed by atoms with Gasteiger partial charge in [-0.25, -0.2) is 4.39 Å². The summed E-state index contributed by atoms with van der Waals surface area (Å²) in [4.78, 5) is 30.4. The van der Waals surface area contributed by atoms with Gasteiger partial charge in [0.25, 0.3) is 0 Å². The van der Waals surface area contributed by atoms with Crippen molar-refractivity contribution < 1.29 is 14.0 Å². The lowest BCUT2D eigenvalue weighted by Gasteiger charge is -2.31. The minimum Gasteiger partial charge on any atom is -0.355 e. The number of halogens is 1. The van der Waals surface area contributed by atoms with Crippen molar-refractivity contribution in [3.63, 3.8) is 0 Å². The molecule has 1 aromatic carbocycles. The van der Waals surface area contributed by atoms with E-state index in [9.17, 15) is 14.0 Å². The molecule has 1 fully saturated rings. The molecule has 1 aliphatic rings. The zero-order valence-corrected chi connectivity index (χ0v) is 16.1. The van der Waals surface area contributed by atoms with Crippen LogP contribution in [0.1, 0.15) is 25.7 Å². The van der Waals surface area contributed by atoms with Crippen LogP contribution >= 0.6 is 0 Å². The SMILES string of the molecule is CN=C(NCC(=O)Nc1ccc(F)cc1)NCC1(C(=O)N(C)C)CCCC1. The number of anilines is 1. The van der Waals surface area contributed by atoms with Gasteiger partial charge in [0.15, 0.2) is 5.96 Å². The normalized spacial score (nSPS) is 15.9. The third-order valence-electron chi connectivity index (χ3n) is 4.78. The van der Waals surface area contributed by atoms with Gasteiger partial charge in [-0.1, -0.05) is 12.8 Å². The number of nitrogens with one attached hydrogen (secondary N) is 3. The highest BCUT2D eigenvalue weighted by atomic mass is 19.1. The second-order valence-electron chi connectivity index (χ2n) is 7.02. The molecule has 1 aliphatic carbocycles. The van der Waals surface area contributed by atoms with Gasteiger partial charge in [0.2, 0.25) is 11.8 Å². The molecule has 1 saturated carbocycles. The van der Waals surface area contributed by atoms with Crippen LogP contribution in [0.3, 0.4) is 0 Å². The van der Waals surface area contributed by atoms with Crippen LogP contribution in [0, 0.1) is 11.2 Å². The summed E-state index contributed by atoms with van der Waals surface area (Å²) in [6.07, 6.45) is 3.76. The fourth-order valence-corrected chi connectivity index (χ4v) is 3.37. The third kappa shape index (κ3) is 5.67. The molecule has 1 aromatic rings. The molecule has 2 rings (SSSR count). The van der Waals surface area contributed by atoms with E-state index < -0.39 is 5.41 Å². The van der Waals surface area contributed by atoms with Crippen LogP contribution in [-0.4, -0.2) is 56.9 Å². The average Bonchev–Trinajstić information content (AvgIpc) is 3.13. The smallest absolute Gasteiger partial charge is 0.243 e. The van der Waals surface area contributed by atoms with Crippen LogP contribution in [0.4, 0.5) is 10.1 Å². The highest BCUT2D eigenvalue weighted by molar-refractivity contribution is 5.95. The molecule has 2 amide bonds. The lowest BCUT2D eigenvalue weighted by molar-refractivity contribution is -0.138. The van der Waals surface area contributed by atoms with Crippen LogP contribution in [0.2, 0.25) is 0 Å². The molecule has 0 spiro atoms. The number of aliphatic imine (C=N–C) groups is 1. The van der Waals surface area contributed by atoms with E-state index >= 15 is 0 Å². The lowest BCUT2D eigenvalue weighted by atomic mass is 9.84. The molecular formula is C19H28FN5O2. The Morgan fingerprint density at radius 1 is 1.15 bits per heavy atom. The van der Waals surface area contributed by atoms with Crippen LogP contribution < -0.4 is 16.0 Å². The van der Waals surface area contributed by atoms with Crippen LogP contribution in [-0.2, 0) is 9.59 Å². The van der Waals surface area contributed by atoms with Gasteiger partial charge in [-0.05, 0) is 37.1 Å². The van der Waals surface area contributed by atoms with Crippen LogP contribution in [0.25, 0.3) is 0 Å². The maximum Gasteiger partial charge on any atom is 0.243 e. The van der Waals surface area contributed by atoms with E-state index in [1.807, 2.05) is 0 Å². The van der Waals surface area contributed by atoms with Gasteiger partial charge in [-0.3, -0.25) is 14.6 Å². The minimum absolute atomic E-state index is 0.00563. The molecule has 0 radical (unpaired) electrons. The number of nitrogens with zero attached hydrogens (tertiary/aromatic N) is 2. The number of hydrogen-bond acceptors (Lipinski definition) is 3. The quantitative estimate of drug-likeness (QED) is 0.519. The summed E-state index contributed by atoms with van der Waals surface area (Å²) in [6, 6.07) is 5.56. The molecule has 0 unspecified atom stereocenters. The molecule has 0 saturated heterocycles. The standard InChI is InChI=1S/C19H28FN5O2/c1-21-18(22-12-16(26)24-15-8-6-14(20)7-9-15)23-13-19(10-4-5-11-19)17(27)25(2)3/h6-9H,4-5,10-13H2,1-3H3,(H,24,26)(H2,21,22,23). The van der Waals surface area contributed by atoms with Crippen molar-refractivity contribution in [1.29, 1.82) is 0 Å². The number of amides is 2. The van der Waals surface area contributed by atoms with Gasteiger partial charge >= 0.3 is 0 Å². The topological polar surface area (TPSA) is 85.8 Å². The molecule has 27 heavy (non-hydrogen) atoms. The van der Waals surface area contributed by atoms with E-state index in [4.69, 9.17) is 0 Å². The Kier molecular flexibility index (Phi) is 7.15. The summed E-state index contributed by atoms with van der Waals surface area (Å²) in [5.74, 6) is -0.0487. The molecule has 148 valence electrons. The monoisotopic (exact) mass is 377 g/mol. The number of hydrogen-bond donors (Lipinski definition) is 3. The number of guanidine groups is 1. The number of rotatable bonds is 6. The van der Waals surface area contributed by atoms with Gasteiger partial charge in [-0.15, -0.1) is 0 Å². The van der Waals surface area contributed by atoms with E-state index in [1.54, 1.807) is 26.0 Å². The van der Waals surface area contributed by atoms with Crippen LogP contribution in [0.5, 0.6) is 0 Å². The summed E-state index contributed by atoms with van der Waals surface area (Å²) < 4.78 is 12.9. The van der Waals surface area contributed by atoms with Gasteiger partial charge in [0.1, 0.15) is 5.82 Å². The van der Waals surface area contributed by atoms with Gasteiger partial charge in [-0.2, -0.15) is 0 Å². The predicted molar refractivity (Wildman–Crippen MR) is 104 cm³/mol. The Morgan fingerprint density at radius 2 is 1.78 bits per heavy atom. The third-order valence-corrected chi connectivity index (χ3v) is 4.78. The van der Waals surface area contributed by atoms with E-state index in [0.29, 0.717) is 18.2 Å². The largest absolute Gasteiger partial charge is 0.355 e. The van der Waals surface area contributed by atoms with Crippen molar-refractivity contribution in [2.24, 2.45) is 10.4 Å². The second kappa shape index (κ2) is 9.34. The number of benzene rings is 1. The first kappa shape index (κ1) is 20.7. The summed E-state index contributed by atoms with van der Waals surface area (Å²) in [6.45, 7) is 0.481. The summed E-state index contributed by atoms with van der Waals surface area (Å²) >= 11 is 0. The molecule has 0 aromatic heterocycles. The molecule has 7 nitrogen and oxygen atoms in total. The fourth-order valence-electron chi connectivity index (χ4n) is 3.37. The molecule has 0 heterocycles. The fraction of sp³-hybridized carbons (Fsp3) is 0.526. The predicted octanol–water partition coefficient (Wildman–Crippen LogP) is 1.58. The molecule has 0 aliphatic heterocycles. The maximum absolute atomic E-state index is 12.9. The van der Waals surface area contributed by atoms with Crippen molar-refractivity contribution in [2.45, 2.75) is 25.7 Å². The average molecular weight is 377 g/mol. The Balaban J connectivity index is 1.85. The maximum atomic E-state index is 12.9. The molecule has 8 heteroatoms. The van der Waals surface area contributed by atoms with Crippen molar-refractivity contribution in [3.8, 4) is 0 Å². The van der Waals surface area contributed by atoms with Crippen LogP contribution in [0.15, 0.2) is 29.3 Å². The number of carbonyl (C=O) groups excluding carboxylic acids is 2. The Bertz CT molecular complexity index is 682. The van der Waals surface area contributed by atoms with E-state index in [1.165, 1.54) is 24.3 Å². The minimum atomic E-state index is -0.419. The van der Waals surface area contributed by atoms with Crippen molar-refractivity contribution in [3.05, 3.63) is 30.1 Å².